The van der Waals surface area contributed by atoms with Crippen molar-refractivity contribution in [1.82, 2.24) is 14.9 Å². The van der Waals surface area contributed by atoms with Gasteiger partial charge in [0.2, 0.25) is 11.9 Å². The third kappa shape index (κ3) is 2.63. The molecule has 2 fully saturated rings. The number of carbonyl (C=O) groups is 2. The van der Waals surface area contributed by atoms with E-state index in [-0.39, 0.29) is 17.2 Å². The van der Waals surface area contributed by atoms with Gasteiger partial charge in [-0.2, -0.15) is 0 Å². The Labute approximate surface area is 162 Å². The maximum atomic E-state index is 12.9. The number of fused-ring (bicyclic) bond motifs is 2. The van der Waals surface area contributed by atoms with E-state index in [1.54, 1.807) is 30.4 Å². The minimum Gasteiger partial charge on any atom is -0.469 e. The van der Waals surface area contributed by atoms with Gasteiger partial charge in [-0.1, -0.05) is 0 Å². The predicted octanol–water partition coefficient (Wildman–Crippen LogP) is 1.82. The summed E-state index contributed by atoms with van der Waals surface area (Å²) in [7, 11) is 0. The molecule has 0 bridgehead atoms. The van der Waals surface area contributed by atoms with Crippen LogP contribution in [0.25, 0.3) is 0 Å². The normalized spacial score (nSPS) is 24.2. The van der Waals surface area contributed by atoms with Gasteiger partial charge in [0.1, 0.15) is 5.76 Å². The Morgan fingerprint density at radius 3 is 2.96 bits per heavy atom. The summed E-state index contributed by atoms with van der Waals surface area (Å²) in [5.74, 6) is 1.14. The van der Waals surface area contributed by atoms with Crippen LogP contribution in [0.1, 0.15) is 46.6 Å². The first-order chi connectivity index (χ1) is 13.6. The average Bonchev–Trinajstić information content (AvgIpc) is 3.42. The molecule has 146 valence electrons. The van der Waals surface area contributed by atoms with Gasteiger partial charge in [-0.25, -0.2) is 9.97 Å². The number of ether oxygens (including phenoxy) is 1. The Balaban J connectivity index is 1.46. The molecule has 3 aliphatic heterocycles. The highest BCUT2D eigenvalue weighted by Gasteiger charge is 2.47. The number of hydrogen-bond acceptors (Lipinski definition) is 6. The van der Waals surface area contributed by atoms with E-state index < -0.39 is 0 Å². The summed E-state index contributed by atoms with van der Waals surface area (Å²) in [6.45, 7) is 4.59. The van der Waals surface area contributed by atoms with E-state index in [0.717, 1.165) is 24.1 Å². The number of furan rings is 1. The van der Waals surface area contributed by atoms with Crippen molar-refractivity contribution >= 4 is 17.8 Å². The van der Waals surface area contributed by atoms with E-state index in [1.165, 1.54) is 0 Å². The van der Waals surface area contributed by atoms with Crippen LogP contribution in [0.3, 0.4) is 0 Å². The third-order valence-electron chi connectivity index (χ3n) is 6.04. The van der Waals surface area contributed by atoms with Gasteiger partial charge < -0.3 is 14.1 Å². The summed E-state index contributed by atoms with van der Waals surface area (Å²) in [6.07, 6.45) is 5.46. The van der Waals surface area contributed by atoms with E-state index in [0.29, 0.717) is 56.5 Å². The number of aryl methyl sites for hydroxylation is 1. The molecule has 2 aromatic rings. The molecule has 8 heteroatoms. The molecule has 2 saturated heterocycles. The average molecular weight is 382 g/mol. The van der Waals surface area contributed by atoms with Gasteiger partial charge in [-0.15, -0.1) is 0 Å². The van der Waals surface area contributed by atoms with Crippen molar-refractivity contribution in [3.05, 3.63) is 41.1 Å². The highest BCUT2D eigenvalue weighted by molar-refractivity contribution is 5.95. The number of aromatic nitrogens is 2. The Morgan fingerprint density at radius 2 is 2.21 bits per heavy atom. The van der Waals surface area contributed by atoms with Crippen LogP contribution in [0.5, 0.6) is 0 Å². The molecular formula is C20H22N4O4. The molecule has 0 aromatic carbocycles. The van der Waals surface area contributed by atoms with Crippen LogP contribution < -0.4 is 4.90 Å². The fourth-order valence-corrected chi connectivity index (χ4v) is 4.51. The molecule has 0 aliphatic carbocycles. The minimum atomic E-state index is -0.360. The summed E-state index contributed by atoms with van der Waals surface area (Å²) in [4.78, 5) is 37.8. The lowest BCUT2D eigenvalue weighted by atomic mass is 9.80. The molecule has 28 heavy (non-hydrogen) atoms. The Hall–Kier alpha value is -2.74. The lowest BCUT2D eigenvalue weighted by Crippen LogP contribution is -2.42. The summed E-state index contributed by atoms with van der Waals surface area (Å²) >= 11 is 0. The first kappa shape index (κ1) is 17.4. The zero-order valence-electron chi connectivity index (χ0n) is 15.8. The van der Waals surface area contributed by atoms with Gasteiger partial charge in [0, 0.05) is 37.8 Å². The number of carbonyl (C=O) groups excluding carboxylic acids is 2. The monoisotopic (exact) mass is 382 g/mol. The zero-order chi connectivity index (χ0) is 19.3. The van der Waals surface area contributed by atoms with Crippen LogP contribution in [-0.2, 0) is 21.6 Å². The van der Waals surface area contributed by atoms with E-state index >= 15 is 0 Å². The van der Waals surface area contributed by atoms with E-state index in [2.05, 4.69) is 4.98 Å². The van der Waals surface area contributed by atoms with Gasteiger partial charge in [0.25, 0.3) is 5.91 Å². The lowest BCUT2D eigenvalue weighted by Gasteiger charge is -2.34. The molecule has 8 nitrogen and oxygen atoms in total. The summed E-state index contributed by atoms with van der Waals surface area (Å²) in [6, 6.07) is 1.72. The second-order valence-electron chi connectivity index (χ2n) is 7.83. The van der Waals surface area contributed by atoms with Crippen LogP contribution in [0, 0.1) is 6.92 Å². The SMILES string of the molecule is Cc1occc1C(=O)N1CC[C@@]2(COCc3cnc(N4CCCC4=O)nc32)C1. The molecule has 0 N–H and O–H groups in total. The molecule has 2 aromatic heterocycles. The first-order valence-corrected chi connectivity index (χ1v) is 9.65. The van der Waals surface area contributed by atoms with Gasteiger partial charge >= 0.3 is 0 Å². The molecule has 0 saturated carbocycles. The van der Waals surface area contributed by atoms with E-state index in [4.69, 9.17) is 14.1 Å². The van der Waals surface area contributed by atoms with Crippen molar-refractivity contribution in [3.8, 4) is 0 Å². The third-order valence-corrected chi connectivity index (χ3v) is 6.04. The molecular weight excluding hydrogens is 360 g/mol. The quantitative estimate of drug-likeness (QED) is 0.787. The van der Waals surface area contributed by atoms with Crippen molar-refractivity contribution in [1.29, 1.82) is 0 Å². The molecule has 1 atom stereocenters. The van der Waals surface area contributed by atoms with Crippen molar-refractivity contribution in [2.45, 2.75) is 38.2 Å². The first-order valence-electron chi connectivity index (χ1n) is 9.65. The molecule has 0 unspecified atom stereocenters. The Kier molecular flexibility index (Phi) is 3.97. The van der Waals surface area contributed by atoms with Crippen molar-refractivity contribution in [2.24, 2.45) is 0 Å². The lowest BCUT2D eigenvalue weighted by molar-refractivity contribution is -0.117. The predicted molar refractivity (Wildman–Crippen MR) is 98.9 cm³/mol. The summed E-state index contributed by atoms with van der Waals surface area (Å²) in [5.41, 5.74) is 2.10. The van der Waals surface area contributed by atoms with Gasteiger partial charge in [-0.3, -0.25) is 14.5 Å². The largest absolute Gasteiger partial charge is 0.469 e. The fourth-order valence-electron chi connectivity index (χ4n) is 4.51. The number of amides is 2. The minimum absolute atomic E-state index is 0.0285. The summed E-state index contributed by atoms with van der Waals surface area (Å²) < 4.78 is 11.1. The smallest absolute Gasteiger partial charge is 0.257 e. The Morgan fingerprint density at radius 1 is 1.32 bits per heavy atom. The van der Waals surface area contributed by atoms with E-state index in [1.807, 2.05) is 4.90 Å². The number of hydrogen-bond donors (Lipinski definition) is 0. The zero-order valence-corrected chi connectivity index (χ0v) is 15.8. The van der Waals surface area contributed by atoms with Crippen molar-refractivity contribution in [3.63, 3.8) is 0 Å². The molecule has 2 amide bonds. The van der Waals surface area contributed by atoms with Gasteiger partial charge in [0.15, 0.2) is 0 Å². The molecule has 5 rings (SSSR count). The second-order valence-corrected chi connectivity index (χ2v) is 7.83. The number of nitrogens with zero attached hydrogens (tertiary/aromatic N) is 4. The molecule has 5 heterocycles. The van der Waals surface area contributed by atoms with Crippen LogP contribution >= 0.6 is 0 Å². The van der Waals surface area contributed by atoms with Crippen LogP contribution in [-0.4, -0.2) is 52.9 Å². The maximum Gasteiger partial charge on any atom is 0.257 e. The summed E-state index contributed by atoms with van der Waals surface area (Å²) in [5, 5.41) is 0. The second kappa shape index (κ2) is 6.41. The molecule has 1 spiro atoms. The van der Waals surface area contributed by atoms with Crippen LogP contribution in [0.2, 0.25) is 0 Å². The number of rotatable bonds is 2. The van der Waals surface area contributed by atoms with Gasteiger partial charge in [0.05, 0.1) is 36.1 Å². The maximum absolute atomic E-state index is 12.9. The van der Waals surface area contributed by atoms with Crippen LogP contribution in [0.4, 0.5) is 5.95 Å². The number of likely N-dealkylation sites (tertiary alicyclic amines) is 1. The standard InChI is InChI=1S/C20H22N4O4/c1-13-15(4-8-28-13)18(26)23-7-5-20(11-23)12-27-10-14-9-21-19(22-17(14)20)24-6-2-3-16(24)25/h4,8-9H,2-3,5-7,10-12H2,1H3/t20-/m0/s1. The van der Waals surface area contributed by atoms with Crippen molar-refractivity contribution < 1.29 is 18.7 Å². The topological polar surface area (TPSA) is 88.8 Å². The highest BCUT2D eigenvalue weighted by atomic mass is 16.5. The number of anilines is 1. The van der Waals surface area contributed by atoms with Gasteiger partial charge in [-0.05, 0) is 25.8 Å². The van der Waals surface area contributed by atoms with Crippen molar-refractivity contribution in [2.75, 3.05) is 31.1 Å². The fraction of sp³-hybridized carbons (Fsp3) is 0.500. The molecule has 0 radical (unpaired) electrons. The highest BCUT2D eigenvalue weighted by Crippen LogP contribution is 2.40. The Bertz CT molecular complexity index is 955. The van der Waals surface area contributed by atoms with Crippen LogP contribution in [0.15, 0.2) is 22.9 Å². The molecule has 3 aliphatic rings. The van der Waals surface area contributed by atoms with E-state index in [9.17, 15) is 9.59 Å².